The Morgan fingerprint density at radius 3 is 2.35 bits per heavy atom. The molecule has 0 heterocycles. The smallest absolute Gasteiger partial charge is 0.269 e. The highest BCUT2D eigenvalue weighted by atomic mass is 16.6. The third kappa shape index (κ3) is 4.62. The molecule has 0 aromatic heterocycles. The van der Waals surface area contributed by atoms with Crippen LogP contribution >= 0.6 is 0 Å². The number of amides is 1. The molecule has 1 atom stereocenters. The van der Waals surface area contributed by atoms with Crippen molar-refractivity contribution >= 4 is 11.6 Å². The predicted molar refractivity (Wildman–Crippen MR) is 86.1 cm³/mol. The lowest BCUT2D eigenvalue weighted by Crippen LogP contribution is -2.28. The molecule has 120 valence electrons. The van der Waals surface area contributed by atoms with E-state index >= 15 is 0 Å². The molecule has 2 aromatic rings. The average Bonchev–Trinajstić information content (AvgIpc) is 2.59. The monoisotopic (exact) mass is 314 g/mol. The molecule has 0 bridgehead atoms. The third-order valence-electron chi connectivity index (χ3n) is 3.50. The van der Waals surface area contributed by atoms with Crippen LogP contribution in [0.2, 0.25) is 0 Å². The molecule has 6 nitrogen and oxygen atoms in total. The summed E-state index contributed by atoms with van der Waals surface area (Å²) in [7, 11) is 0. The van der Waals surface area contributed by atoms with Gasteiger partial charge in [-0.05, 0) is 30.5 Å². The van der Waals surface area contributed by atoms with E-state index in [2.05, 4.69) is 5.32 Å². The Morgan fingerprint density at radius 1 is 1.13 bits per heavy atom. The molecule has 0 fully saturated rings. The summed E-state index contributed by atoms with van der Waals surface area (Å²) in [6.07, 6.45) is 1.18. The number of hydrogen-bond acceptors (Lipinski definition) is 4. The lowest BCUT2D eigenvalue weighted by Gasteiger charge is -2.19. The first-order valence-corrected chi connectivity index (χ1v) is 7.33. The topological polar surface area (TPSA) is 92.5 Å². The molecule has 0 saturated carbocycles. The highest BCUT2D eigenvalue weighted by Crippen LogP contribution is 2.19. The van der Waals surface area contributed by atoms with Gasteiger partial charge in [-0.1, -0.05) is 30.3 Å². The molecule has 1 amide bonds. The van der Waals surface area contributed by atoms with E-state index < -0.39 is 4.92 Å². The number of benzene rings is 2. The van der Waals surface area contributed by atoms with Crippen molar-refractivity contribution in [3.05, 3.63) is 75.8 Å². The number of nitrogens with one attached hydrogen (secondary N) is 1. The SMILES string of the molecule is O=C(NC(CCCO)c1ccccc1)c1ccc([N+](=O)[O-])cc1. The first-order valence-electron chi connectivity index (χ1n) is 7.33. The number of nitro groups is 1. The zero-order chi connectivity index (χ0) is 16.7. The van der Waals surface area contributed by atoms with Gasteiger partial charge in [0.2, 0.25) is 0 Å². The minimum absolute atomic E-state index is 0.0523. The lowest BCUT2D eigenvalue weighted by atomic mass is 10.0. The molecule has 6 heteroatoms. The van der Waals surface area contributed by atoms with Gasteiger partial charge in [-0.3, -0.25) is 14.9 Å². The summed E-state index contributed by atoms with van der Waals surface area (Å²) in [4.78, 5) is 22.5. The van der Waals surface area contributed by atoms with Crippen LogP contribution in [0.4, 0.5) is 5.69 Å². The maximum Gasteiger partial charge on any atom is 0.269 e. The van der Waals surface area contributed by atoms with E-state index in [1.54, 1.807) is 0 Å². The maximum atomic E-state index is 12.3. The molecule has 2 aromatic carbocycles. The van der Waals surface area contributed by atoms with E-state index in [9.17, 15) is 14.9 Å². The van der Waals surface area contributed by atoms with Crippen molar-refractivity contribution in [2.75, 3.05) is 6.61 Å². The summed E-state index contributed by atoms with van der Waals surface area (Å²) in [5.41, 5.74) is 1.26. The molecule has 0 aliphatic carbocycles. The molecule has 0 radical (unpaired) electrons. The van der Waals surface area contributed by atoms with Crippen LogP contribution in [0.15, 0.2) is 54.6 Å². The van der Waals surface area contributed by atoms with E-state index in [4.69, 9.17) is 5.11 Å². The minimum atomic E-state index is -0.504. The number of carbonyl (C=O) groups is 1. The number of nitrogens with zero attached hydrogens (tertiary/aromatic N) is 1. The minimum Gasteiger partial charge on any atom is -0.396 e. The summed E-state index contributed by atoms with van der Waals surface area (Å²) in [6, 6.07) is 14.8. The highest BCUT2D eigenvalue weighted by molar-refractivity contribution is 5.94. The lowest BCUT2D eigenvalue weighted by molar-refractivity contribution is -0.384. The number of carbonyl (C=O) groups excluding carboxylic acids is 1. The van der Waals surface area contributed by atoms with Crippen LogP contribution in [0, 0.1) is 10.1 Å². The van der Waals surface area contributed by atoms with Crippen molar-refractivity contribution in [2.45, 2.75) is 18.9 Å². The molecule has 0 saturated heterocycles. The molecule has 0 aliphatic rings. The van der Waals surface area contributed by atoms with Crippen molar-refractivity contribution in [3.8, 4) is 0 Å². The summed E-state index contributed by atoms with van der Waals surface area (Å²) in [6.45, 7) is 0.0523. The number of hydrogen-bond donors (Lipinski definition) is 2. The van der Waals surface area contributed by atoms with Crippen LogP contribution in [0.25, 0.3) is 0 Å². The van der Waals surface area contributed by atoms with Gasteiger partial charge in [0.05, 0.1) is 11.0 Å². The molecule has 2 rings (SSSR count). The molecular weight excluding hydrogens is 296 g/mol. The molecular formula is C17H18N2O4. The van der Waals surface area contributed by atoms with Gasteiger partial charge in [0.15, 0.2) is 0 Å². The van der Waals surface area contributed by atoms with Crippen LogP contribution in [0.5, 0.6) is 0 Å². The molecule has 2 N–H and O–H groups in total. The standard InChI is InChI=1S/C17H18N2O4/c20-12-4-7-16(13-5-2-1-3-6-13)18-17(21)14-8-10-15(11-9-14)19(22)23/h1-3,5-6,8-11,16,20H,4,7,12H2,(H,18,21). The van der Waals surface area contributed by atoms with E-state index in [1.807, 2.05) is 30.3 Å². The second-order valence-corrected chi connectivity index (χ2v) is 5.11. The fourth-order valence-electron chi connectivity index (χ4n) is 2.28. The van der Waals surface area contributed by atoms with Gasteiger partial charge in [-0.25, -0.2) is 0 Å². The van der Waals surface area contributed by atoms with Crippen molar-refractivity contribution in [1.82, 2.24) is 5.32 Å². The number of rotatable bonds is 7. The van der Waals surface area contributed by atoms with Gasteiger partial charge in [0.1, 0.15) is 0 Å². The Kier molecular flexibility index (Phi) is 5.82. The fraction of sp³-hybridized carbons (Fsp3) is 0.235. The van der Waals surface area contributed by atoms with Crippen molar-refractivity contribution < 1.29 is 14.8 Å². The summed E-state index contributed by atoms with van der Waals surface area (Å²) in [5.74, 6) is -0.299. The Labute approximate surface area is 133 Å². The zero-order valence-electron chi connectivity index (χ0n) is 12.5. The van der Waals surface area contributed by atoms with Gasteiger partial charge in [-0.2, -0.15) is 0 Å². The summed E-state index contributed by atoms with van der Waals surface area (Å²) < 4.78 is 0. The second kappa shape index (κ2) is 8.05. The zero-order valence-corrected chi connectivity index (χ0v) is 12.5. The quantitative estimate of drug-likeness (QED) is 0.607. The van der Waals surface area contributed by atoms with Crippen LogP contribution in [-0.2, 0) is 0 Å². The van der Waals surface area contributed by atoms with Gasteiger partial charge in [0, 0.05) is 24.3 Å². The number of nitro benzene ring substituents is 1. The summed E-state index contributed by atoms with van der Waals surface area (Å²) >= 11 is 0. The Bertz CT molecular complexity index is 656. The number of aliphatic hydroxyl groups is 1. The highest BCUT2D eigenvalue weighted by Gasteiger charge is 2.16. The van der Waals surface area contributed by atoms with Gasteiger partial charge < -0.3 is 10.4 Å². The van der Waals surface area contributed by atoms with E-state index in [0.717, 1.165) is 5.56 Å². The van der Waals surface area contributed by atoms with Crippen molar-refractivity contribution in [1.29, 1.82) is 0 Å². The van der Waals surface area contributed by atoms with E-state index in [-0.39, 0.29) is 24.2 Å². The molecule has 23 heavy (non-hydrogen) atoms. The normalized spacial score (nSPS) is 11.7. The number of non-ortho nitro benzene ring substituents is 1. The van der Waals surface area contributed by atoms with Gasteiger partial charge >= 0.3 is 0 Å². The van der Waals surface area contributed by atoms with Crippen LogP contribution < -0.4 is 5.32 Å². The average molecular weight is 314 g/mol. The molecule has 0 spiro atoms. The van der Waals surface area contributed by atoms with Crippen molar-refractivity contribution in [2.24, 2.45) is 0 Å². The molecule has 1 unspecified atom stereocenters. The largest absolute Gasteiger partial charge is 0.396 e. The predicted octanol–water partition coefficient (Wildman–Crippen LogP) is 2.84. The van der Waals surface area contributed by atoms with Crippen LogP contribution in [-0.4, -0.2) is 22.5 Å². The van der Waals surface area contributed by atoms with Crippen LogP contribution in [0.1, 0.15) is 34.8 Å². The maximum absolute atomic E-state index is 12.3. The number of aliphatic hydroxyl groups excluding tert-OH is 1. The summed E-state index contributed by atoms with van der Waals surface area (Å²) in [5, 5.41) is 22.6. The van der Waals surface area contributed by atoms with E-state index in [1.165, 1.54) is 24.3 Å². The van der Waals surface area contributed by atoms with Gasteiger partial charge in [-0.15, -0.1) is 0 Å². The Hall–Kier alpha value is -2.73. The van der Waals surface area contributed by atoms with Gasteiger partial charge in [0.25, 0.3) is 11.6 Å². The molecule has 0 aliphatic heterocycles. The first kappa shape index (κ1) is 16.6. The second-order valence-electron chi connectivity index (χ2n) is 5.11. The van der Waals surface area contributed by atoms with Crippen LogP contribution in [0.3, 0.4) is 0 Å². The van der Waals surface area contributed by atoms with E-state index in [0.29, 0.717) is 18.4 Å². The van der Waals surface area contributed by atoms with Crippen molar-refractivity contribution in [3.63, 3.8) is 0 Å². The Balaban J connectivity index is 2.12. The third-order valence-corrected chi connectivity index (χ3v) is 3.50. The fourth-order valence-corrected chi connectivity index (χ4v) is 2.28. The first-order chi connectivity index (χ1) is 11.1. The Morgan fingerprint density at radius 2 is 1.78 bits per heavy atom.